The lowest BCUT2D eigenvalue weighted by atomic mass is 9.48. The van der Waals surface area contributed by atoms with Crippen LogP contribution in [0.3, 0.4) is 0 Å². The van der Waals surface area contributed by atoms with Crippen LogP contribution in [-0.2, 0) is 26.2 Å². The Bertz CT molecular complexity index is 1390. The lowest BCUT2D eigenvalue weighted by Crippen LogP contribution is -2.79. The highest BCUT2D eigenvalue weighted by molar-refractivity contribution is 5.94. The van der Waals surface area contributed by atoms with Gasteiger partial charge < -0.3 is 14.4 Å². The van der Waals surface area contributed by atoms with Crippen molar-refractivity contribution in [3.63, 3.8) is 0 Å². The van der Waals surface area contributed by atoms with Crippen molar-refractivity contribution in [2.75, 3.05) is 20.1 Å². The van der Waals surface area contributed by atoms with Crippen molar-refractivity contribution in [1.29, 1.82) is 0 Å². The van der Waals surface area contributed by atoms with Gasteiger partial charge in [0.2, 0.25) is 0 Å². The molecule has 6 rings (SSSR count). The van der Waals surface area contributed by atoms with E-state index < -0.39 is 11.0 Å². The highest BCUT2D eigenvalue weighted by Crippen LogP contribution is 2.65. The number of esters is 1. The molecule has 2 aliphatic heterocycles. The van der Waals surface area contributed by atoms with Crippen LogP contribution in [0, 0.1) is 18.8 Å². The van der Waals surface area contributed by atoms with E-state index in [4.69, 9.17) is 9.47 Å². The van der Waals surface area contributed by atoms with E-state index in [0.29, 0.717) is 12.8 Å². The first-order chi connectivity index (χ1) is 18.3. The molecule has 1 amide bonds. The van der Waals surface area contributed by atoms with Crippen molar-refractivity contribution in [3.05, 3.63) is 77.4 Å². The van der Waals surface area contributed by atoms with Crippen molar-refractivity contribution in [2.45, 2.75) is 68.7 Å². The maximum absolute atomic E-state index is 13.4. The second kappa shape index (κ2) is 9.03. The number of hydrogen-bond donors (Lipinski definition) is 0. The number of benzene rings is 2. The number of nitrogens with zero attached hydrogens (tertiary/aromatic N) is 2. The molecule has 1 spiro atoms. The summed E-state index contributed by atoms with van der Waals surface area (Å²) in [6, 6.07) is 13.9. The molecule has 6 heteroatoms. The Balaban J connectivity index is 1.42. The summed E-state index contributed by atoms with van der Waals surface area (Å²) in [4.78, 5) is 30.2. The van der Waals surface area contributed by atoms with E-state index in [1.165, 1.54) is 18.1 Å². The van der Waals surface area contributed by atoms with Crippen molar-refractivity contribution in [3.8, 4) is 17.6 Å². The minimum atomic E-state index is -0.724. The van der Waals surface area contributed by atoms with Gasteiger partial charge >= 0.3 is 5.97 Å². The predicted octanol–water partition coefficient (Wildman–Crippen LogP) is 3.78. The van der Waals surface area contributed by atoms with Crippen LogP contribution in [-0.4, -0.2) is 65.6 Å². The van der Waals surface area contributed by atoms with Crippen molar-refractivity contribution in [1.82, 2.24) is 9.80 Å². The average Bonchev–Trinajstić information content (AvgIpc) is 3.23. The Hall–Kier alpha value is -3.56. The summed E-state index contributed by atoms with van der Waals surface area (Å²) in [6.45, 7) is 9.09. The Morgan fingerprint density at radius 2 is 2.08 bits per heavy atom. The van der Waals surface area contributed by atoms with Crippen LogP contribution in [0.15, 0.2) is 55.1 Å². The summed E-state index contributed by atoms with van der Waals surface area (Å²) in [7, 11) is 1.83. The molecular weight excluding hydrogens is 476 g/mol. The SMILES string of the molecule is C=CCN1CC[C@]23c4c5cccc4O[C@H]2[C@@H](N(C)C(=O)C#Cc2cccc(C)c2)CC[C@@]3(OC(C)=O)[C@H]1C5. The molecule has 2 fully saturated rings. The lowest BCUT2D eigenvalue weighted by molar-refractivity contribution is -0.222. The standard InChI is InChI=1S/C32H34N2O4/c1-5-17-34-18-16-31-29-24-10-7-11-26(29)37-30(31)25(14-15-32(31,27(34)20-24)38-22(3)35)33(4)28(36)13-12-23-9-6-8-21(2)19-23/h5-11,19,25,27,30H,1,14-18,20H2,2-4H3/t25-,27+,30-,31-,32+/m0/s1. The van der Waals surface area contributed by atoms with Crippen LogP contribution in [0.4, 0.5) is 0 Å². The van der Waals surface area contributed by atoms with Crippen LogP contribution in [0.2, 0.25) is 0 Å². The number of amides is 1. The number of carbonyl (C=O) groups is 2. The van der Waals surface area contributed by atoms with Crippen molar-refractivity contribution < 1.29 is 19.1 Å². The molecule has 1 saturated heterocycles. The Labute approximate surface area is 224 Å². The third-order valence-electron chi connectivity index (χ3n) is 9.24. The second-order valence-electron chi connectivity index (χ2n) is 11.2. The molecule has 2 heterocycles. The van der Waals surface area contributed by atoms with Crippen LogP contribution >= 0.6 is 0 Å². The molecule has 2 aromatic carbocycles. The lowest BCUT2D eigenvalue weighted by Gasteiger charge is -2.65. The molecule has 2 bridgehead atoms. The van der Waals surface area contributed by atoms with Gasteiger partial charge in [-0.3, -0.25) is 14.5 Å². The first kappa shape index (κ1) is 24.8. The van der Waals surface area contributed by atoms with Gasteiger partial charge in [0.05, 0.1) is 17.5 Å². The van der Waals surface area contributed by atoms with Gasteiger partial charge in [0.1, 0.15) is 17.5 Å². The van der Waals surface area contributed by atoms with Gasteiger partial charge in [0, 0.05) is 44.1 Å². The fourth-order valence-electron chi connectivity index (χ4n) is 7.88. The van der Waals surface area contributed by atoms with Gasteiger partial charge in [0.25, 0.3) is 5.91 Å². The van der Waals surface area contributed by atoms with E-state index in [1.807, 2.05) is 56.4 Å². The smallest absolute Gasteiger partial charge is 0.303 e. The second-order valence-corrected chi connectivity index (χ2v) is 11.2. The number of hydrogen-bond acceptors (Lipinski definition) is 5. The molecule has 6 nitrogen and oxygen atoms in total. The molecule has 0 unspecified atom stereocenters. The molecule has 1 saturated carbocycles. The molecule has 0 N–H and O–H groups in total. The summed E-state index contributed by atoms with van der Waals surface area (Å²) in [5.74, 6) is 6.25. The minimum absolute atomic E-state index is 0.0215. The average molecular weight is 511 g/mol. The molecule has 4 aliphatic rings. The summed E-state index contributed by atoms with van der Waals surface area (Å²) in [5, 5.41) is 0. The largest absolute Gasteiger partial charge is 0.487 e. The number of rotatable bonds is 4. The van der Waals surface area contributed by atoms with Gasteiger partial charge in [-0.2, -0.15) is 0 Å². The Morgan fingerprint density at radius 3 is 2.84 bits per heavy atom. The number of aryl methyl sites for hydroxylation is 1. The topological polar surface area (TPSA) is 59.1 Å². The molecule has 2 aliphatic carbocycles. The number of likely N-dealkylation sites (N-methyl/N-ethyl adjacent to an activating group) is 1. The van der Waals surface area contributed by atoms with E-state index >= 15 is 0 Å². The maximum Gasteiger partial charge on any atom is 0.303 e. The van der Waals surface area contributed by atoms with E-state index in [-0.39, 0.29) is 30.1 Å². The quantitative estimate of drug-likeness (QED) is 0.356. The van der Waals surface area contributed by atoms with Gasteiger partial charge in [-0.25, -0.2) is 0 Å². The van der Waals surface area contributed by atoms with Crippen LogP contribution < -0.4 is 4.74 Å². The van der Waals surface area contributed by atoms with Gasteiger partial charge in [-0.15, -0.1) is 6.58 Å². The summed E-state index contributed by atoms with van der Waals surface area (Å²) < 4.78 is 13.2. The third-order valence-corrected chi connectivity index (χ3v) is 9.24. The first-order valence-corrected chi connectivity index (χ1v) is 13.5. The predicted molar refractivity (Wildman–Crippen MR) is 145 cm³/mol. The monoisotopic (exact) mass is 510 g/mol. The number of carbonyl (C=O) groups excluding carboxylic acids is 2. The molecule has 196 valence electrons. The zero-order chi connectivity index (χ0) is 26.7. The van der Waals surface area contributed by atoms with Crippen molar-refractivity contribution in [2.24, 2.45) is 0 Å². The van der Waals surface area contributed by atoms with Gasteiger partial charge in [-0.1, -0.05) is 36.3 Å². The summed E-state index contributed by atoms with van der Waals surface area (Å²) in [6.07, 6.45) is 4.51. The molecule has 0 radical (unpaired) electrons. The number of likely N-dealkylation sites (tertiary alicyclic amines) is 1. The Kier molecular flexibility index (Phi) is 5.88. The first-order valence-electron chi connectivity index (χ1n) is 13.5. The zero-order valence-corrected chi connectivity index (χ0v) is 22.3. The zero-order valence-electron chi connectivity index (χ0n) is 22.3. The fraction of sp³-hybridized carbons (Fsp3) is 0.438. The molecule has 0 aromatic heterocycles. The highest BCUT2D eigenvalue weighted by atomic mass is 16.6. The minimum Gasteiger partial charge on any atom is -0.487 e. The molecule has 5 atom stereocenters. The summed E-state index contributed by atoms with van der Waals surface area (Å²) in [5.41, 5.74) is 3.11. The molecule has 2 aromatic rings. The van der Waals surface area contributed by atoms with Crippen LogP contribution in [0.25, 0.3) is 0 Å². The van der Waals surface area contributed by atoms with Crippen LogP contribution in [0.1, 0.15) is 48.4 Å². The number of ether oxygens (including phenoxy) is 2. The molecular formula is C32H34N2O4. The number of piperidine rings is 1. The highest BCUT2D eigenvalue weighted by Gasteiger charge is 2.75. The molecule has 38 heavy (non-hydrogen) atoms. The van der Waals surface area contributed by atoms with Gasteiger partial charge in [-0.05, 0) is 61.9 Å². The van der Waals surface area contributed by atoms with Gasteiger partial charge in [0.15, 0.2) is 0 Å². The Morgan fingerprint density at radius 1 is 1.26 bits per heavy atom. The fourth-order valence-corrected chi connectivity index (χ4v) is 7.88. The maximum atomic E-state index is 13.4. The van der Waals surface area contributed by atoms with Crippen LogP contribution in [0.5, 0.6) is 5.75 Å². The van der Waals surface area contributed by atoms with E-state index in [9.17, 15) is 9.59 Å². The van der Waals surface area contributed by atoms with E-state index in [2.05, 4.69) is 29.4 Å². The summed E-state index contributed by atoms with van der Waals surface area (Å²) >= 11 is 0. The van der Waals surface area contributed by atoms with E-state index in [0.717, 1.165) is 42.8 Å². The van der Waals surface area contributed by atoms with E-state index in [1.54, 1.807) is 4.90 Å². The normalized spacial score (nSPS) is 30.2. The third kappa shape index (κ3) is 3.45. The van der Waals surface area contributed by atoms with Crippen molar-refractivity contribution >= 4 is 11.9 Å².